The van der Waals surface area contributed by atoms with E-state index in [2.05, 4.69) is 5.32 Å². The molecule has 3 N–H and O–H groups in total. The number of aromatic hydroxyl groups is 1. The van der Waals surface area contributed by atoms with E-state index in [1.807, 2.05) is 0 Å². The van der Waals surface area contributed by atoms with Crippen LogP contribution in [0.15, 0.2) is 24.3 Å². The molecule has 5 heteroatoms. The third kappa shape index (κ3) is 5.65. The Morgan fingerprint density at radius 3 is 2.78 bits per heavy atom. The van der Waals surface area contributed by atoms with Gasteiger partial charge in [-0.25, -0.2) is 0 Å². The van der Waals surface area contributed by atoms with Gasteiger partial charge in [0.15, 0.2) is 0 Å². The predicted molar refractivity (Wildman–Crippen MR) is 67.3 cm³/mol. The van der Waals surface area contributed by atoms with E-state index in [1.54, 1.807) is 24.3 Å². The smallest absolute Gasteiger partial charge is 0.224 e. The molecule has 0 aliphatic rings. The standard InChI is InChI=1S/C13H19NO4/c15-7-9-18-8-3-6-14-13(17)10-11-4-1-2-5-12(11)16/h1-2,4-5,15-16H,3,6-10H2,(H,14,17). The number of hydrogen-bond acceptors (Lipinski definition) is 4. The molecule has 0 saturated carbocycles. The van der Waals surface area contributed by atoms with Gasteiger partial charge in [0, 0.05) is 18.7 Å². The first-order valence-corrected chi connectivity index (χ1v) is 5.96. The summed E-state index contributed by atoms with van der Waals surface area (Å²) in [6, 6.07) is 6.78. The topological polar surface area (TPSA) is 78.8 Å². The number of carbonyl (C=O) groups is 1. The Morgan fingerprint density at radius 1 is 1.28 bits per heavy atom. The van der Waals surface area contributed by atoms with E-state index in [-0.39, 0.29) is 24.7 Å². The molecular formula is C13H19NO4. The lowest BCUT2D eigenvalue weighted by atomic mass is 10.1. The molecule has 1 aromatic rings. The van der Waals surface area contributed by atoms with Crippen molar-refractivity contribution < 1.29 is 19.7 Å². The number of rotatable bonds is 8. The van der Waals surface area contributed by atoms with Crippen LogP contribution in [0.2, 0.25) is 0 Å². The van der Waals surface area contributed by atoms with Crippen LogP contribution in [0.1, 0.15) is 12.0 Å². The number of aliphatic hydroxyl groups is 1. The Morgan fingerprint density at radius 2 is 2.06 bits per heavy atom. The number of nitrogens with one attached hydrogen (secondary N) is 1. The van der Waals surface area contributed by atoms with Gasteiger partial charge in [-0.1, -0.05) is 18.2 Å². The molecular weight excluding hydrogens is 234 g/mol. The van der Waals surface area contributed by atoms with Crippen molar-refractivity contribution in [1.82, 2.24) is 5.32 Å². The van der Waals surface area contributed by atoms with Crippen LogP contribution in [0, 0.1) is 0 Å². The molecule has 0 bridgehead atoms. The van der Waals surface area contributed by atoms with Gasteiger partial charge in [0.05, 0.1) is 19.6 Å². The average Bonchev–Trinajstić information content (AvgIpc) is 2.36. The van der Waals surface area contributed by atoms with Crippen LogP contribution in [-0.2, 0) is 16.0 Å². The van der Waals surface area contributed by atoms with E-state index in [9.17, 15) is 9.90 Å². The molecule has 0 unspecified atom stereocenters. The lowest BCUT2D eigenvalue weighted by Gasteiger charge is -2.06. The normalized spacial score (nSPS) is 10.3. The van der Waals surface area contributed by atoms with Crippen molar-refractivity contribution in [3.05, 3.63) is 29.8 Å². The third-order valence-electron chi connectivity index (χ3n) is 2.37. The van der Waals surface area contributed by atoms with E-state index in [0.29, 0.717) is 31.7 Å². The maximum Gasteiger partial charge on any atom is 0.224 e. The van der Waals surface area contributed by atoms with Crippen molar-refractivity contribution in [3.63, 3.8) is 0 Å². The molecule has 1 rings (SSSR count). The van der Waals surface area contributed by atoms with Gasteiger partial charge in [-0.05, 0) is 12.5 Å². The molecule has 0 atom stereocenters. The Bertz CT molecular complexity index is 368. The molecule has 0 aliphatic carbocycles. The van der Waals surface area contributed by atoms with Crippen molar-refractivity contribution in [2.24, 2.45) is 0 Å². The highest BCUT2D eigenvalue weighted by Crippen LogP contribution is 2.15. The van der Waals surface area contributed by atoms with E-state index >= 15 is 0 Å². The van der Waals surface area contributed by atoms with Crippen molar-refractivity contribution >= 4 is 5.91 Å². The number of amides is 1. The second kappa shape index (κ2) is 8.49. The molecule has 0 spiro atoms. The van der Waals surface area contributed by atoms with Gasteiger partial charge in [-0.15, -0.1) is 0 Å². The summed E-state index contributed by atoms with van der Waals surface area (Å²) in [6.07, 6.45) is 0.872. The first-order valence-electron chi connectivity index (χ1n) is 5.96. The zero-order valence-electron chi connectivity index (χ0n) is 10.3. The molecule has 100 valence electrons. The fraction of sp³-hybridized carbons (Fsp3) is 0.462. The molecule has 0 aromatic heterocycles. The first kappa shape index (κ1) is 14.5. The minimum Gasteiger partial charge on any atom is -0.508 e. The highest BCUT2D eigenvalue weighted by Gasteiger charge is 2.05. The Kier molecular flexibility index (Phi) is 6.83. The fourth-order valence-corrected chi connectivity index (χ4v) is 1.46. The molecule has 1 aromatic carbocycles. The largest absolute Gasteiger partial charge is 0.508 e. The van der Waals surface area contributed by atoms with Crippen LogP contribution < -0.4 is 5.32 Å². The molecule has 0 saturated heterocycles. The van der Waals surface area contributed by atoms with Crippen LogP contribution in [0.5, 0.6) is 5.75 Å². The van der Waals surface area contributed by atoms with Crippen LogP contribution in [0.4, 0.5) is 0 Å². The molecule has 18 heavy (non-hydrogen) atoms. The average molecular weight is 253 g/mol. The number of benzene rings is 1. The fourth-order valence-electron chi connectivity index (χ4n) is 1.46. The number of ether oxygens (including phenoxy) is 1. The molecule has 0 radical (unpaired) electrons. The minimum atomic E-state index is -0.126. The van der Waals surface area contributed by atoms with Crippen LogP contribution in [0.3, 0.4) is 0 Å². The van der Waals surface area contributed by atoms with Crippen molar-refractivity contribution in [3.8, 4) is 5.75 Å². The summed E-state index contributed by atoms with van der Waals surface area (Å²) in [5.74, 6) is 0.0117. The number of phenols is 1. The van der Waals surface area contributed by atoms with Gasteiger partial charge in [0.2, 0.25) is 5.91 Å². The summed E-state index contributed by atoms with van der Waals surface area (Å²) < 4.78 is 5.06. The predicted octanol–water partition coefficient (Wildman–Crippen LogP) is 0.450. The molecule has 1 amide bonds. The van der Waals surface area contributed by atoms with Gasteiger partial charge < -0.3 is 20.3 Å². The van der Waals surface area contributed by atoms with E-state index in [4.69, 9.17) is 9.84 Å². The monoisotopic (exact) mass is 253 g/mol. The van der Waals surface area contributed by atoms with Crippen LogP contribution in [0.25, 0.3) is 0 Å². The summed E-state index contributed by atoms with van der Waals surface area (Å²) >= 11 is 0. The highest BCUT2D eigenvalue weighted by molar-refractivity contribution is 5.79. The molecule has 5 nitrogen and oxygen atoms in total. The Labute approximate surface area is 106 Å². The zero-order chi connectivity index (χ0) is 13.2. The quantitative estimate of drug-likeness (QED) is 0.588. The van der Waals surface area contributed by atoms with Crippen molar-refractivity contribution in [1.29, 1.82) is 0 Å². The highest BCUT2D eigenvalue weighted by atomic mass is 16.5. The number of para-hydroxylation sites is 1. The van der Waals surface area contributed by atoms with Gasteiger partial charge in [0.1, 0.15) is 5.75 Å². The maximum absolute atomic E-state index is 11.6. The Hall–Kier alpha value is -1.59. The zero-order valence-corrected chi connectivity index (χ0v) is 10.3. The van der Waals surface area contributed by atoms with E-state index in [1.165, 1.54) is 0 Å². The van der Waals surface area contributed by atoms with Gasteiger partial charge in [-0.2, -0.15) is 0 Å². The SMILES string of the molecule is O=C(Cc1ccccc1O)NCCCOCCO. The molecule has 0 aliphatic heterocycles. The second-order valence-corrected chi connectivity index (χ2v) is 3.84. The van der Waals surface area contributed by atoms with Crippen LogP contribution in [-0.4, -0.2) is 42.5 Å². The minimum absolute atomic E-state index is 0.0135. The summed E-state index contributed by atoms with van der Waals surface area (Å²) in [7, 11) is 0. The molecule has 0 heterocycles. The van der Waals surface area contributed by atoms with Crippen molar-refractivity contribution in [2.75, 3.05) is 26.4 Å². The van der Waals surface area contributed by atoms with Gasteiger partial charge in [0.25, 0.3) is 0 Å². The van der Waals surface area contributed by atoms with Gasteiger partial charge >= 0.3 is 0 Å². The first-order chi connectivity index (χ1) is 8.74. The maximum atomic E-state index is 11.6. The van der Waals surface area contributed by atoms with Crippen LogP contribution >= 0.6 is 0 Å². The molecule has 0 fully saturated rings. The number of hydrogen-bond donors (Lipinski definition) is 3. The summed E-state index contributed by atoms with van der Waals surface area (Å²) in [4.78, 5) is 11.6. The number of phenolic OH excluding ortho intramolecular Hbond substituents is 1. The van der Waals surface area contributed by atoms with Crippen molar-refractivity contribution in [2.45, 2.75) is 12.8 Å². The lowest BCUT2D eigenvalue weighted by molar-refractivity contribution is -0.120. The summed E-state index contributed by atoms with van der Waals surface area (Å²) in [6.45, 7) is 1.38. The lowest BCUT2D eigenvalue weighted by Crippen LogP contribution is -2.26. The number of carbonyl (C=O) groups excluding carboxylic acids is 1. The third-order valence-corrected chi connectivity index (χ3v) is 2.37. The summed E-state index contributed by atoms with van der Waals surface area (Å²) in [5.41, 5.74) is 0.617. The second-order valence-electron chi connectivity index (χ2n) is 3.84. The van der Waals surface area contributed by atoms with Gasteiger partial charge in [-0.3, -0.25) is 4.79 Å². The van der Waals surface area contributed by atoms with E-state index in [0.717, 1.165) is 0 Å². The number of aliphatic hydroxyl groups excluding tert-OH is 1. The Balaban J connectivity index is 2.16. The summed E-state index contributed by atoms with van der Waals surface area (Å²) in [5, 5.41) is 20.7. The van der Waals surface area contributed by atoms with E-state index < -0.39 is 0 Å².